The van der Waals surface area contributed by atoms with Crippen LogP contribution in [0.3, 0.4) is 0 Å². The quantitative estimate of drug-likeness (QED) is 0.366. The number of benzene rings is 1. The predicted octanol–water partition coefficient (Wildman–Crippen LogP) is 4.21. The molecule has 0 aliphatic heterocycles. The SMILES string of the molecule is C=NN(/C(=C\C)OCc1ccc(F)cc1OCC1CC1)c1cc(C(=O)O)ccn1. The van der Waals surface area contributed by atoms with Gasteiger partial charge < -0.3 is 14.6 Å². The van der Waals surface area contributed by atoms with E-state index in [4.69, 9.17) is 9.47 Å². The zero-order valence-electron chi connectivity index (χ0n) is 16.0. The molecule has 7 nitrogen and oxygen atoms in total. The number of rotatable bonds is 10. The van der Waals surface area contributed by atoms with Crippen molar-refractivity contribution >= 4 is 18.5 Å². The Bertz CT molecular complexity index is 928. The summed E-state index contributed by atoms with van der Waals surface area (Å²) in [5.41, 5.74) is 0.746. The Balaban J connectivity index is 1.74. The van der Waals surface area contributed by atoms with Crippen LogP contribution in [0.25, 0.3) is 0 Å². The molecule has 2 aromatic rings. The van der Waals surface area contributed by atoms with Gasteiger partial charge in [0.05, 0.1) is 12.2 Å². The normalized spacial score (nSPS) is 13.7. The van der Waals surface area contributed by atoms with Crippen LogP contribution >= 0.6 is 0 Å². The molecule has 0 radical (unpaired) electrons. The number of allylic oxidation sites excluding steroid dienone is 1. The number of carboxylic acids is 1. The van der Waals surface area contributed by atoms with Crippen LogP contribution in [-0.2, 0) is 11.3 Å². The van der Waals surface area contributed by atoms with Gasteiger partial charge in [0.2, 0.25) is 5.88 Å². The summed E-state index contributed by atoms with van der Waals surface area (Å²) >= 11 is 0. The van der Waals surface area contributed by atoms with Crippen molar-refractivity contribution in [3.05, 3.63) is 65.4 Å². The van der Waals surface area contributed by atoms with Crippen molar-refractivity contribution in [1.29, 1.82) is 0 Å². The van der Waals surface area contributed by atoms with Crippen molar-refractivity contribution in [1.82, 2.24) is 4.98 Å². The van der Waals surface area contributed by atoms with Gasteiger partial charge in [-0.05, 0) is 56.0 Å². The van der Waals surface area contributed by atoms with E-state index in [1.54, 1.807) is 19.1 Å². The molecule has 1 aliphatic carbocycles. The second-order valence-corrected chi connectivity index (χ2v) is 6.58. The number of anilines is 1. The number of carbonyl (C=O) groups is 1. The van der Waals surface area contributed by atoms with Crippen LogP contribution in [0.4, 0.5) is 10.2 Å². The highest BCUT2D eigenvalue weighted by Crippen LogP contribution is 2.31. The van der Waals surface area contributed by atoms with E-state index in [0.29, 0.717) is 29.7 Å². The molecule has 3 rings (SSSR count). The largest absolute Gasteiger partial charge is 0.493 e. The van der Waals surface area contributed by atoms with E-state index in [2.05, 4.69) is 16.8 Å². The predicted molar refractivity (Wildman–Crippen MR) is 106 cm³/mol. The fourth-order valence-electron chi connectivity index (χ4n) is 2.61. The molecule has 1 aliphatic rings. The molecular formula is C21H22FN3O4. The number of halogens is 1. The molecule has 0 bridgehead atoms. The first kappa shape index (κ1) is 20.3. The molecule has 0 saturated heterocycles. The number of hydrazone groups is 1. The van der Waals surface area contributed by atoms with Crippen LogP contribution < -0.4 is 9.75 Å². The molecule has 1 saturated carbocycles. The summed E-state index contributed by atoms with van der Waals surface area (Å²) < 4.78 is 25.2. The van der Waals surface area contributed by atoms with Gasteiger partial charge in [-0.1, -0.05) is 0 Å². The van der Waals surface area contributed by atoms with Gasteiger partial charge in [0, 0.05) is 24.5 Å². The first-order valence-electron chi connectivity index (χ1n) is 9.18. The van der Waals surface area contributed by atoms with Crippen LogP contribution in [0.2, 0.25) is 0 Å². The fourth-order valence-corrected chi connectivity index (χ4v) is 2.61. The minimum absolute atomic E-state index is 0.0633. The van der Waals surface area contributed by atoms with Gasteiger partial charge in [-0.2, -0.15) is 10.1 Å². The number of nitrogens with zero attached hydrogens (tertiary/aromatic N) is 3. The molecule has 0 unspecified atom stereocenters. The van der Waals surface area contributed by atoms with Gasteiger partial charge in [0.25, 0.3) is 0 Å². The number of hydrogen-bond acceptors (Lipinski definition) is 6. The first-order chi connectivity index (χ1) is 14.0. The maximum Gasteiger partial charge on any atom is 0.335 e. The third kappa shape index (κ3) is 5.31. The third-order valence-electron chi connectivity index (χ3n) is 4.38. The van der Waals surface area contributed by atoms with Gasteiger partial charge in [-0.15, -0.1) is 0 Å². The molecule has 1 aromatic heterocycles. The highest BCUT2D eigenvalue weighted by atomic mass is 19.1. The standard InChI is InChI=1S/C21H22FN3O4/c1-3-20(25(23-2)19-10-15(21(26)27)8-9-24-19)29-13-16-6-7-17(22)11-18(16)28-12-14-4-5-14/h3,6-11,14H,2,4-5,12-13H2,1H3,(H,26,27)/b20-3+. The molecule has 0 spiro atoms. The molecule has 1 fully saturated rings. The van der Waals surface area contributed by atoms with Gasteiger partial charge in [0.15, 0.2) is 5.82 Å². The number of ether oxygens (including phenoxy) is 2. The summed E-state index contributed by atoms with van der Waals surface area (Å²) in [6.07, 6.45) is 5.28. The zero-order chi connectivity index (χ0) is 20.8. The van der Waals surface area contributed by atoms with Gasteiger partial charge >= 0.3 is 5.97 Å². The van der Waals surface area contributed by atoms with Crippen LogP contribution in [0.5, 0.6) is 5.75 Å². The van der Waals surface area contributed by atoms with E-state index < -0.39 is 5.97 Å². The minimum atomic E-state index is -1.08. The maximum absolute atomic E-state index is 13.6. The molecule has 0 atom stereocenters. The lowest BCUT2D eigenvalue weighted by Gasteiger charge is -2.21. The monoisotopic (exact) mass is 399 g/mol. The molecule has 1 aromatic carbocycles. The first-order valence-corrected chi connectivity index (χ1v) is 9.18. The number of hydrogen-bond donors (Lipinski definition) is 1. The third-order valence-corrected chi connectivity index (χ3v) is 4.38. The average Bonchev–Trinajstić information content (AvgIpc) is 3.55. The summed E-state index contributed by atoms with van der Waals surface area (Å²) in [5.74, 6) is 0.0618. The Morgan fingerprint density at radius 1 is 1.41 bits per heavy atom. The van der Waals surface area contributed by atoms with Crippen molar-refractivity contribution in [2.75, 3.05) is 11.6 Å². The Kier molecular flexibility index (Phi) is 6.43. The Hall–Kier alpha value is -3.42. The van der Waals surface area contributed by atoms with E-state index in [1.807, 2.05) is 0 Å². The van der Waals surface area contributed by atoms with Gasteiger partial charge in [-0.25, -0.2) is 14.2 Å². The lowest BCUT2D eigenvalue weighted by Crippen LogP contribution is -2.19. The molecule has 1 N–H and O–H groups in total. The van der Waals surface area contributed by atoms with Crippen molar-refractivity contribution in [3.8, 4) is 5.75 Å². The second kappa shape index (κ2) is 9.18. The number of aromatic carboxylic acids is 1. The minimum Gasteiger partial charge on any atom is -0.493 e. The van der Waals surface area contributed by atoms with E-state index in [9.17, 15) is 14.3 Å². The smallest absolute Gasteiger partial charge is 0.335 e. The Labute approximate surface area is 168 Å². The van der Waals surface area contributed by atoms with Crippen molar-refractivity contribution in [2.24, 2.45) is 11.0 Å². The molecule has 152 valence electrons. The molecular weight excluding hydrogens is 377 g/mol. The molecule has 0 amide bonds. The van der Waals surface area contributed by atoms with Gasteiger partial charge in [0.1, 0.15) is 18.2 Å². The number of aromatic nitrogens is 1. The van der Waals surface area contributed by atoms with Crippen LogP contribution in [-0.4, -0.2) is 29.4 Å². The highest BCUT2D eigenvalue weighted by molar-refractivity contribution is 5.88. The summed E-state index contributed by atoms with van der Waals surface area (Å²) in [6, 6.07) is 7.05. The lowest BCUT2D eigenvalue weighted by atomic mass is 10.2. The summed E-state index contributed by atoms with van der Waals surface area (Å²) in [7, 11) is 0. The number of carboxylic acid groups (broad SMARTS) is 1. The van der Waals surface area contributed by atoms with E-state index in [1.165, 1.54) is 35.5 Å². The van der Waals surface area contributed by atoms with E-state index in [0.717, 1.165) is 12.8 Å². The fraction of sp³-hybridized carbons (Fsp3) is 0.286. The maximum atomic E-state index is 13.6. The average molecular weight is 399 g/mol. The summed E-state index contributed by atoms with van der Waals surface area (Å²) in [5, 5.41) is 14.4. The molecule has 8 heteroatoms. The van der Waals surface area contributed by atoms with E-state index in [-0.39, 0.29) is 23.8 Å². The Morgan fingerprint density at radius 3 is 2.86 bits per heavy atom. The van der Waals surface area contributed by atoms with Crippen molar-refractivity contribution < 1.29 is 23.8 Å². The van der Waals surface area contributed by atoms with Crippen molar-refractivity contribution in [3.63, 3.8) is 0 Å². The summed E-state index contributed by atoms with van der Waals surface area (Å²) in [6.45, 7) is 5.91. The Morgan fingerprint density at radius 2 is 2.21 bits per heavy atom. The summed E-state index contributed by atoms with van der Waals surface area (Å²) in [4.78, 5) is 15.3. The van der Waals surface area contributed by atoms with Crippen LogP contribution in [0, 0.1) is 11.7 Å². The highest BCUT2D eigenvalue weighted by Gasteiger charge is 2.23. The van der Waals surface area contributed by atoms with Crippen molar-refractivity contribution in [2.45, 2.75) is 26.4 Å². The van der Waals surface area contributed by atoms with Crippen LogP contribution in [0.1, 0.15) is 35.7 Å². The number of pyridine rings is 1. The topological polar surface area (TPSA) is 84.2 Å². The van der Waals surface area contributed by atoms with Gasteiger partial charge in [-0.3, -0.25) is 0 Å². The molecule has 1 heterocycles. The zero-order valence-corrected chi connectivity index (χ0v) is 16.0. The second-order valence-electron chi connectivity index (χ2n) is 6.58. The lowest BCUT2D eigenvalue weighted by molar-refractivity contribution is 0.0696. The molecule has 29 heavy (non-hydrogen) atoms. The van der Waals surface area contributed by atoms with E-state index >= 15 is 0 Å². The van der Waals surface area contributed by atoms with Crippen LogP contribution in [0.15, 0.2) is 53.6 Å².